The Hall–Kier alpha value is -3.43. The number of hydrogen-bond donors (Lipinski definition) is 1. The van der Waals surface area contributed by atoms with E-state index >= 15 is 0 Å². The molecule has 192 valence electrons. The minimum atomic E-state index is -0.956. The van der Waals surface area contributed by atoms with Crippen molar-refractivity contribution >= 4 is 17.7 Å². The molecule has 0 saturated carbocycles. The highest BCUT2D eigenvalue weighted by Gasteiger charge is 2.54. The van der Waals surface area contributed by atoms with Crippen LogP contribution in [0.5, 0.6) is 5.75 Å². The van der Waals surface area contributed by atoms with Crippen LogP contribution in [-0.2, 0) is 14.3 Å². The Balaban J connectivity index is 1.53. The average Bonchev–Trinajstić information content (AvgIpc) is 3.27. The molecule has 36 heavy (non-hydrogen) atoms. The number of methoxy groups -OCH3 is 2. The molecule has 2 saturated heterocycles. The van der Waals surface area contributed by atoms with Crippen LogP contribution in [0.3, 0.4) is 0 Å². The third kappa shape index (κ3) is 5.22. The van der Waals surface area contributed by atoms with E-state index in [2.05, 4.69) is 5.32 Å². The molecule has 2 aliphatic heterocycles. The van der Waals surface area contributed by atoms with Crippen molar-refractivity contribution in [2.24, 2.45) is 0 Å². The van der Waals surface area contributed by atoms with Gasteiger partial charge in [-0.1, -0.05) is 17.7 Å². The topological polar surface area (TPSA) is 97.4 Å². The third-order valence-corrected chi connectivity index (χ3v) is 6.85. The van der Waals surface area contributed by atoms with Crippen LogP contribution in [0.15, 0.2) is 48.5 Å². The van der Waals surface area contributed by atoms with Crippen molar-refractivity contribution in [2.75, 3.05) is 47.1 Å². The van der Waals surface area contributed by atoms with Gasteiger partial charge in [-0.15, -0.1) is 0 Å². The van der Waals surface area contributed by atoms with E-state index in [1.807, 2.05) is 19.1 Å². The zero-order valence-electron chi connectivity index (χ0n) is 21.0. The molecule has 2 aromatic carbocycles. The summed E-state index contributed by atoms with van der Waals surface area (Å²) in [4.78, 5) is 43.2. The minimum Gasteiger partial charge on any atom is -0.497 e. The van der Waals surface area contributed by atoms with Crippen LogP contribution in [0.4, 0.5) is 0 Å². The smallest absolute Gasteiger partial charge is 0.256 e. The Labute approximate surface area is 211 Å². The van der Waals surface area contributed by atoms with Gasteiger partial charge in [-0.2, -0.15) is 0 Å². The monoisotopic (exact) mass is 495 g/mol. The van der Waals surface area contributed by atoms with Gasteiger partial charge in [0.05, 0.1) is 20.3 Å². The lowest BCUT2D eigenvalue weighted by Gasteiger charge is -2.44. The maximum atomic E-state index is 13.7. The van der Waals surface area contributed by atoms with Crippen molar-refractivity contribution in [3.8, 4) is 5.75 Å². The molecule has 4 rings (SSSR count). The summed E-state index contributed by atoms with van der Waals surface area (Å²) in [5.74, 6) is 0.0646. The molecule has 1 spiro atoms. The van der Waals surface area contributed by atoms with Crippen LogP contribution in [-0.4, -0.2) is 86.4 Å². The first-order valence-corrected chi connectivity index (χ1v) is 12.1. The number of carbonyl (C=O) groups is 3. The third-order valence-electron chi connectivity index (χ3n) is 6.85. The second-order valence-corrected chi connectivity index (χ2v) is 9.12. The van der Waals surface area contributed by atoms with Gasteiger partial charge in [0.15, 0.2) is 0 Å². The summed E-state index contributed by atoms with van der Waals surface area (Å²) in [5, 5.41) is 2.84. The fourth-order valence-electron chi connectivity index (χ4n) is 4.77. The summed E-state index contributed by atoms with van der Waals surface area (Å²) >= 11 is 0. The maximum Gasteiger partial charge on any atom is 0.256 e. The molecular formula is C27H33N3O6. The Morgan fingerprint density at radius 2 is 1.58 bits per heavy atom. The van der Waals surface area contributed by atoms with Crippen molar-refractivity contribution in [3.63, 3.8) is 0 Å². The van der Waals surface area contributed by atoms with E-state index in [-0.39, 0.29) is 24.3 Å². The standard InChI is InChI=1S/C27H33N3O6/c1-19-4-6-21(7-5-19)26(33)30-23(24(31)28-14-17-34-2)18-36-27(30)12-15-29(16-13-27)25(32)20-8-10-22(35-3)11-9-20/h4-11,23H,12-18H2,1-3H3,(H,28,31). The molecule has 0 aromatic heterocycles. The Morgan fingerprint density at radius 3 is 2.19 bits per heavy atom. The summed E-state index contributed by atoms with van der Waals surface area (Å²) in [7, 11) is 3.14. The van der Waals surface area contributed by atoms with Gasteiger partial charge in [0.2, 0.25) is 5.91 Å². The van der Waals surface area contributed by atoms with E-state index in [1.165, 1.54) is 0 Å². The molecular weight excluding hydrogens is 462 g/mol. The SMILES string of the molecule is COCCNC(=O)C1COC2(CCN(C(=O)c3ccc(OC)cc3)CC2)N1C(=O)c1ccc(C)cc1. The van der Waals surface area contributed by atoms with Gasteiger partial charge in [0, 0.05) is 50.7 Å². The van der Waals surface area contributed by atoms with E-state index in [9.17, 15) is 14.4 Å². The van der Waals surface area contributed by atoms with Crippen LogP contribution >= 0.6 is 0 Å². The van der Waals surface area contributed by atoms with E-state index in [0.29, 0.717) is 56.0 Å². The highest BCUT2D eigenvalue weighted by molar-refractivity contribution is 5.98. The molecule has 2 fully saturated rings. The van der Waals surface area contributed by atoms with E-state index in [4.69, 9.17) is 14.2 Å². The van der Waals surface area contributed by atoms with Crippen LogP contribution in [0, 0.1) is 6.92 Å². The number of aryl methyl sites for hydroxylation is 1. The first-order valence-electron chi connectivity index (χ1n) is 12.1. The van der Waals surface area contributed by atoms with Gasteiger partial charge in [-0.25, -0.2) is 0 Å². The van der Waals surface area contributed by atoms with Gasteiger partial charge in [-0.05, 0) is 43.3 Å². The zero-order chi connectivity index (χ0) is 25.7. The molecule has 9 nitrogen and oxygen atoms in total. The van der Waals surface area contributed by atoms with Gasteiger partial charge >= 0.3 is 0 Å². The van der Waals surface area contributed by atoms with Crippen molar-refractivity contribution in [3.05, 3.63) is 65.2 Å². The van der Waals surface area contributed by atoms with Crippen LogP contribution in [0.25, 0.3) is 0 Å². The number of hydrogen-bond acceptors (Lipinski definition) is 6. The number of likely N-dealkylation sites (tertiary alicyclic amines) is 1. The van der Waals surface area contributed by atoms with E-state index in [1.54, 1.807) is 60.4 Å². The van der Waals surface area contributed by atoms with Gasteiger partial charge in [0.1, 0.15) is 17.5 Å². The quantitative estimate of drug-likeness (QED) is 0.592. The highest BCUT2D eigenvalue weighted by Crippen LogP contribution is 2.39. The Bertz CT molecular complexity index is 1080. The predicted octanol–water partition coefficient (Wildman–Crippen LogP) is 2.24. The van der Waals surface area contributed by atoms with Gasteiger partial charge in [0.25, 0.3) is 11.8 Å². The molecule has 2 heterocycles. The molecule has 9 heteroatoms. The molecule has 0 bridgehead atoms. The second-order valence-electron chi connectivity index (χ2n) is 9.12. The molecule has 2 aliphatic rings. The number of rotatable bonds is 7. The summed E-state index contributed by atoms with van der Waals surface area (Å²) in [5.41, 5.74) is 1.15. The molecule has 0 aliphatic carbocycles. The number of amides is 3. The summed E-state index contributed by atoms with van der Waals surface area (Å²) in [6.07, 6.45) is 0.822. The maximum absolute atomic E-state index is 13.7. The fraction of sp³-hybridized carbons (Fsp3) is 0.444. The van der Waals surface area contributed by atoms with Crippen molar-refractivity contribution in [1.82, 2.24) is 15.1 Å². The van der Waals surface area contributed by atoms with Crippen molar-refractivity contribution < 1.29 is 28.6 Å². The molecule has 1 atom stereocenters. The summed E-state index contributed by atoms with van der Waals surface area (Å²) in [6.45, 7) is 3.58. The average molecular weight is 496 g/mol. The van der Waals surface area contributed by atoms with Crippen molar-refractivity contribution in [1.29, 1.82) is 0 Å². The van der Waals surface area contributed by atoms with E-state index in [0.717, 1.165) is 5.56 Å². The number of nitrogens with zero attached hydrogens (tertiary/aromatic N) is 2. The van der Waals surface area contributed by atoms with Crippen LogP contribution < -0.4 is 10.1 Å². The Morgan fingerprint density at radius 1 is 0.972 bits per heavy atom. The first kappa shape index (κ1) is 25.7. The fourth-order valence-corrected chi connectivity index (χ4v) is 4.77. The molecule has 2 aromatic rings. The summed E-state index contributed by atoms with van der Waals surface area (Å²) in [6, 6.07) is 13.5. The van der Waals surface area contributed by atoms with Crippen LogP contribution in [0.2, 0.25) is 0 Å². The lowest BCUT2D eigenvalue weighted by Crippen LogP contribution is -2.60. The predicted molar refractivity (Wildman–Crippen MR) is 133 cm³/mol. The first-order chi connectivity index (χ1) is 17.4. The van der Waals surface area contributed by atoms with Crippen molar-refractivity contribution in [2.45, 2.75) is 31.5 Å². The normalized spacial score (nSPS) is 18.8. The largest absolute Gasteiger partial charge is 0.497 e. The minimum absolute atomic E-state index is 0.0873. The number of carbonyl (C=O) groups excluding carboxylic acids is 3. The number of nitrogens with one attached hydrogen (secondary N) is 1. The van der Waals surface area contributed by atoms with E-state index < -0.39 is 11.8 Å². The van der Waals surface area contributed by atoms with Gasteiger partial charge < -0.3 is 24.4 Å². The molecule has 3 amide bonds. The van der Waals surface area contributed by atoms with Gasteiger partial charge in [-0.3, -0.25) is 19.3 Å². The molecule has 0 radical (unpaired) electrons. The molecule has 1 N–H and O–H groups in total. The summed E-state index contributed by atoms with van der Waals surface area (Å²) < 4.78 is 16.4. The van der Waals surface area contributed by atoms with Crippen LogP contribution in [0.1, 0.15) is 39.1 Å². The second kappa shape index (κ2) is 11.1. The molecule has 1 unspecified atom stereocenters. The Kier molecular flexibility index (Phi) is 7.91. The zero-order valence-corrected chi connectivity index (χ0v) is 21.0. The highest BCUT2D eigenvalue weighted by atomic mass is 16.5. The number of benzene rings is 2. The lowest BCUT2D eigenvalue weighted by atomic mass is 9.96. The lowest BCUT2D eigenvalue weighted by molar-refractivity contribution is -0.128. The number of ether oxygens (including phenoxy) is 3. The number of piperidine rings is 1.